The maximum absolute atomic E-state index is 13.0. The summed E-state index contributed by atoms with van der Waals surface area (Å²) in [7, 11) is 0. The second-order valence-corrected chi connectivity index (χ2v) is 3.69. The minimum absolute atomic E-state index is 0.183. The average molecular weight is 226 g/mol. The maximum atomic E-state index is 13.0. The molecule has 0 atom stereocenters. The van der Waals surface area contributed by atoms with Crippen LogP contribution in [0.2, 0.25) is 0 Å². The van der Waals surface area contributed by atoms with Crippen molar-refractivity contribution >= 4 is 21.5 Å². The van der Waals surface area contributed by atoms with Crippen molar-refractivity contribution in [2.24, 2.45) is 0 Å². The zero-order valence-corrected chi connectivity index (χ0v) is 10.1. The minimum Gasteiger partial charge on any atom is -0.207 e. The lowest BCUT2D eigenvalue weighted by Gasteiger charge is -2.01. The molecule has 0 nitrogen and oxygen atoms in total. The van der Waals surface area contributed by atoms with Crippen LogP contribution in [0, 0.1) is 5.82 Å². The molecule has 0 aliphatic rings. The van der Waals surface area contributed by atoms with Gasteiger partial charge in [-0.05, 0) is 45.8 Å². The van der Waals surface area contributed by atoms with Crippen LogP contribution in [0.25, 0.3) is 21.5 Å². The van der Waals surface area contributed by atoms with Crippen molar-refractivity contribution in [2.45, 2.75) is 13.8 Å². The van der Waals surface area contributed by atoms with Crippen molar-refractivity contribution in [1.82, 2.24) is 0 Å². The molecule has 1 heteroatoms. The number of hydrogen-bond acceptors (Lipinski definition) is 0. The fraction of sp³-hybridized carbons (Fsp3) is 0.125. The Bertz CT molecular complexity index is 641. The lowest BCUT2D eigenvalue weighted by atomic mass is 10.0. The van der Waals surface area contributed by atoms with Gasteiger partial charge >= 0.3 is 0 Å². The highest BCUT2D eigenvalue weighted by molar-refractivity contribution is 5.98. The van der Waals surface area contributed by atoms with E-state index in [0.29, 0.717) is 0 Å². The summed E-state index contributed by atoms with van der Waals surface area (Å²) in [6, 6.07) is 17.1. The molecule has 0 radical (unpaired) electrons. The molecule has 0 aliphatic heterocycles. The quantitative estimate of drug-likeness (QED) is 0.464. The molecular weight excluding hydrogens is 211 g/mol. The summed E-state index contributed by atoms with van der Waals surface area (Å²) in [6.07, 6.45) is 0. The average Bonchev–Trinajstić information content (AvgIpc) is 2.38. The Labute approximate surface area is 101 Å². The van der Waals surface area contributed by atoms with Gasteiger partial charge in [-0.1, -0.05) is 44.2 Å². The molecule has 3 aromatic carbocycles. The van der Waals surface area contributed by atoms with Crippen LogP contribution in [0.3, 0.4) is 0 Å². The minimum atomic E-state index is -0.183. The molecule has 0 saturated carbocycles. The van der Waals surface area contributed by atoms with E-state index >= 15 is 0 Å². The maximum Gasteiger partial charge on any atom is 0.123 e. The van der Waals surface area contributed by atoms with Crippen molar-refractivity contribution in [2.75, 3.05) is 0 Å². The topological polar surface area (TPSA) is 0 Å². The summed E-state index contributed by atoms with van der Waals surface area (Å²) >= 11 is 0. The Morgan fingerprint density at radius 2 is 1.18 bits per heavy atom. The van der Waals surface area contributed by atoms with Gasteiger partial charge in [-0.2, -0.15) is 0 Å². The van der Waals surface area contributed by atoms with E-state index in [1.165, 1.54) is 11.5 Å². The predicted octanol–water partition coefficient (Wildman–Crippen LogP) is 5.16. The zero-order chi connectivity index (χ0) is 12.3. The highest BCUT2D eigenvalue weighted by atomic mass is 19.1. The Balaban J connectivity index is 0.000000514. The molecule has 17 heavy (non-hydrogen) atoms. The summed E-state index contributed by atoms with van der Waals surface area (Å²) in [5, 5.41) is 4.37. The lowest BCUT2D eigenvalue weighted by molar-refractivity contribution is 0.630. The van der Waals surface area contributed by atoms with Gasteiger partial charge in [0.1, 0.15) is 5.82 Å². The van der Waals surface area contributed by atoms with Crippen molar-refractivity contribution in [3.05, 3.63) is 60.4 Å². The summed E-state index contributed by atoms with van der Waals surface area (Å²) in [5.41, 5.74) is 0. The Morgan fingerprint density at radius 1 is 0.647 bits per heavy atom. The first-order valence-corrected chi connectivity index (χ1v) is 5.91. The molecule has 0 aromatic heterocycles. The third kappa shape index (κ3) is 2.28. The van der Waals surface area contributed by atoms with E-state index in [9.17, 15) is 4.39 Å². The van der Waals surface area contributed by atoms with Gasteiger partial charge in [0.15, 0.2) is 0 Å². The van der Waals surface area contributed by atoms with Crippen LogP contribution in [-0.2, 0) is 0 Å². The van der Waals surface area contributed by atoms with Gasteiger partial charge in [0.2, 0.25) is 0 Å². The van der Waals surface area contributed by atoms with Crippen molar-refractivity contribution in [3.63, 3.8) is 0 Å². The number of halogens is 1. The van der Waals surface area contributed by atoms with E-state index in [-0.39, 0.29) is 5.82 Å². The monoisotopic (exact) mass is 226 g/mol. The van der Waals surface area contributed by atoms with Crippen LogP contribution < -0.4 is 0 Å². The van der Waals surface area contributed by atoms with E-state index in [0.717, 1.165) is 16.2 Å². The van der Waals surface area contributed by atoms with Gasteiger partial charge in [0.05, 0.1) is 0 Å². The predicted molar refractivity (Wildman–Crippen MR) is 72.8 cm³/mol. The fourth-order valence-electron chi connectivity index (χ4n) is 1.91. The van der Waals surface area contributed by atoms with Gasteiger partial charge in [-0.15, -0.1) is 0 Å². The summed E-state index contributed by atoms with van der Waals surface area (Å²) in [4.78, 5) is 0. The Hall–Kier alpha value is -1.89. The highest BCUT2D eigenvalue weighted by Gasteiger charge is 1.98. The van der Waals surface area contributed by atoms with Crippen LogP contribution in [0.15, 0.2) is 54.6 Å². The molecule has 3 rings (SSSR count). The van der Waals surface area contributed by atoms with Crippen LogP contribution in [0.5, 0.6) is 0 Å². The van der Waals surface area contributed by atoms with E-state index in [1.807, 2.05) is 44.2 Å². The van der Waals surface area contributed by atoms with Crippen LogP contribution in [0.4, 0.5) is 4.39 Å². The van der Waals surface area contributed by atoms with Crippen LogP contribution >= 0.6 is 0 Å². The Kier molecular flexibility index (Phi) is 3.38. The first-order chi connectivity index (χ1) is 8.33. The number of fused-ring (bicyclic) bond motifs is 2. The molecule has 0 N–H and O–H groups in total. The number of hydrogen-bond donors (Lipinski definition) is 0. The summed E-state index contributed by atoms with van der Waals surface area (Å²) in [5.74, 6) is -0.183. The molecule has 3 aromatic rings. The fourth-order valence-corrected chi connectivity index (χ4v) is 1.91. The molecule has 0 aliphatic carbocycles. The molecule has 0 spiro atoms. The Morgan fingerprint density at radius 3 is 1.82 bits per heavy atom. The summed E-state index contributed by atoms with van der Waals surface area (Å²) < 4.78 is 13.0. The third-order valence-corrected chi connectivity index (χ3v) is 2.67. The molecule has 0 saturated heterocycles. The molecular formula is C16H15F. The standard InChI is InChI=1S/C14H9F.C2H6/c15-14-6-5-12-7-10-3-1-2-4-11(10)8-13(12)9-14;1-2/h1-9H;1-2H3. The second kappa shape index (κ2) is 4.96. The molecule has 0 bridgehead atoms. The van der Waals surface area contributed by atoms with E-state index < -0.39 is 0 Å². The molecule has 0 fully saturated rings. The van der Waals surface area contributed by atoms with E-state index in [2.05, 4.69) is 12.1 Å². The first-order valence-electron chi connectivity index (χ1n) is 5.91. The molecule has 0 amide bonds. The summed E-state index contributed by atoms with van der Waals surface area (Å²) in [6.45, 7) is 4.00. The number of benzene rings is 3. The largest absolute Gasteiger partial charge is 0.207 e. The van der Waals surface area contributed by atoms with Gasteiger partial charge in [0.25, 0.3) is 0 Å². The van der Waals surface area contributed by atoms with Crippen molar-refractivity contribution in [3.8, 4) is 0 Å². The lowest BCUT2D eigenvalue weighted by Crippen LogP contribution is -1.78. The number of rotatable bonds is 0. The smallest absolute Gasteiger partial charge is 0.123 e. The van der Waals surface area contributed by atoms with Gasteiger partial charge in [-0.3, -0.25) is 0 Å². The van der Waals surface area contributed by atoms with E-state index in [1.54, 1.807) is 6.07 Å². The van der Waals surface area contributed by atoms with Crippen molar-refractivity contribution in [1.29, 1.82) is 0 Å². The van der Waals surface area contributed by atoms with Gasteiger partial charge in [-0.25, -0.2) is 4.39 Å². The SMILES string of the molecule is CC.Fc1ccc2cc3ccccc3cc2c1. The highest BCUT2D eigenvalue weighted by Crippen LogP contribution is 2.23. The van der Waals surface area contributed by atoms with Crippen LogP contribution in [0.1, 0.15) is 13.8 Å². The first kappa shape index (κ1) is 11.6. The zero-order valence-electron chi connectivity index (χ0n) is 10.1. The second-order valence-electron chi connectivity index (χ2n) is 3.69. The van der Waals surface area contributed by atoms with Crippen molar-refractivity contribution < 1.29 is 4.39 Å². The third-order valence-electron chi connectivity index (χ3n) is 2.67. The molecule has 0 unspecified atom stereocenters. The molecule has 86 valence electrons. The molecule has 0 heterocycles. The van der Waals surface area contributed by atoms with E-state index in [4.69, 9.17) is 0 Å². The van der Waals surface area contributed by atoms with Gasteiger partial charge in [0, 0.05) is 0 Å². The normalized spacial score (nSPS) is 10.1. The van der Waals surface area contributed by atoms with Crippen LogP contribution in [-0.4, -0.2) is 0 Å². The van der Waals surface area contributed by atoms with Gasteiger partial charge < -0.3 is 0 Å².